The van der Waals surface area contributed by atoms with E-state index in [1.807, 2.05) is 0 Å². The normalized spacial score (nSPS) is 11.1. The number of esters is 2. The number of ether oxygens (including phenoxy) is 4. The van der Waals surface area contributed by atoms with E-state index in [4.69, 9.17) is 18.9 Å². The van der Waals surface area contributed by atoms with Crippen LogP contribution < -0.4 is 9.47 Å². The van der Waals surface area contributed by atoms with E-state index in [1.165, 1.54) is 14.2 Å². The minimum Gasteiger partial charge on any atom is -0.492 e. The van der Waals surface area contributed by atoms with Crippen molar-refractivity contribution in [1.82, 2.24) is 0 Å². The van der Waals surface area contributed by atoms with Gasteiger partial charge in [0.05, 0.1) is 27.4 Å². The van der Waals surface area contributed by atoms with E-state index in [0.717, 1.165) is 110 Å². The van der Waals surface area contributed by atoms with Gasteiger partial charge in [-0.2, -0.15) is 0 Å². The van der Waals surface area contributed by atoms with Crippen molar-refractivity contribution in [2.45, 2.75) is 89.9 Å². The van der Waals surface area contributed by atoms with Gasteiger partial charge >= 0.3 is 11.9 Å². The number of benzene rings is 3. The van der Waals surface area contributed by atoms with Gasteiger partial charge in [0.15, 0.2) is 0 Å². The van der Waals surface area contributed by atoms with Crippen LogP contribution in [-0.2, 0) is 19.1 Å². The molecular formula is C34H46O6. The first-order chi connectivity index (χ1) is 19.7. The largest absolute Gasteiger partial charge is 0.492 e. The third-order valence-corrected chi connectivity index (χ3v) is 7.33. The third-order valence-electron chi connectivity index (χ3n) is 7.33. The standard InChI is InChI=1S/C34H46O6/c1-37-31(35)23-11-7-3-5-9-17-25-39-33-27-19-13-15-21-29(27)34(30-22-16-14-20-28(30)33)40-26-18-10-6-4-8-12-24-32(36)38-2/h13-16,19-22H,3-12,17-18,23-26H2,1-2H3. The molecule has 6 heteroatoms. The summed E-state index contributed by atoms with van der Waals surface area (Å²) in [6.45, 7) is 1.35. The Morgan fingerprint density at radius 1 is 0.475 bits per heavy atom. The van der Waals surface area contributed by atoms with Crippen LogP contribution >= 0.6 is 0 Å². The summed E-state index contributed by atoms with van der Waals surface area (Å²) < 4.78 is 22.3. The van der Waals surface area contributed by atoms with Gasteiger partial charge in [-0.3, -0.25) is 9.59 Å². The van der Waals surface area contributed by atoms with Crippen LogP contribution in [0.1, 0.15) is 89.9 Å². The Kier molecular flexibility index (Phi) is 14.2. The van der Waals surface area contributed by atoms with Crippen molar-refractivity contribution in [3.8, 4) is 11.5 Å². The van der Waals surface area contributed by atoms with Gasteiger partial charge in [-0.05, 0) is 25.7 Å². The van der Waals surface area contributed by atoms with Crippen molar-refractivity contribution in [2.24, 2.45) is 0 Å². The molecule has 3 aromatic carbocycles. The maximum atomic E-state index is 11.2. The molecule has 0 spiro atoms. The molecule has 0 fully saturated rings. The zero-order chi connectivity index (χ0) is 28.4. The van der Waals surface area contributed by atoms with E-state index in [-0.39, 0.29) is 11.9 Å². The number of hydrogen-bond donors (Lipinski definition) is 0. The fourth-order valence-corrected chi connectivity index (χ4v) is 5.07. The summed E-state index contributed by atoms with van der Waals surface area (Å²) in [6, 6.07) is 16.7. The van der Waals surface area contributed by atoms with E-state index in [2.05, 4.69) is 48.5 Å². The zero-order valence-electron chi connectivity index (χ0n) is 24.4. The average Bonchev–Trinajstić information content (AvgIpc) is 2.99. The van der Waals surface area contributed by atoms with E-state index in [0.29, 0.717) is 26.1 Å². The molecule has 3 rings (SSSR count). The van der Waals surface area contributed by atoms with Crippen molar-refractivity contribution in [3.05, 3.63) is 48.5 Å². The van der Waals surface area contributed by atoms with Crippen LogP contribution in [0.15, 0.2) is 48.5 Å². The molecule has 0 aliphatic rings. The Hall–Kier alpha value is -3.28. The molecule has 0 saturated heterocycles. The van der Waals surface area contributed by atoms with Gasteiger partial charge in [-0.15, -0.1) is 0 Å². The lowest BCUT2D eigenvalue weighted by molar-refractivity contribution is -0.141. The first-order valence-corrected chi connectivity index (χ1v) is 15.0. The first kappa shape index (κ1) is 31.3. The topological polar surface area (TPSA) is 71.1 Å². The van der Waals surface area contributed by atoms with Crippen molar-refractivity contribution >= 4 is 33.5 Å². The quantitative estimate of drug-likeness (QED) is 0.0797. The Labute approximate surface area is 239 Å². The van der Waals surface area contributed by atoms with Crippen molar-refractivity contribution < 1.29 is 28.5 Å². The lowest BCUT2D eigenvalue weighted by Crippen LogP contribution is -2.02. The van der Waals surface area contributed by atoms with Crippen LogP contribution in [0.4, 0.5) is 0 Å². The molecule has 0 radical (unpaired) electrons. The minimum absolute atomic E-state index is 0.121. The van der Waals surface area contributed by atoms with Gasteiger partial charge < -0.3 is 18.9 Å². The molecule has 0 saturated carbocycles. The van der Waals surface area contributed by atoms with E-state index in [1.54, 1.807) is 0 Å². The molecule has 3 aromatic rings. The molecule has 0 aliphatic heterocycles. The lowest BCUT2D eigenvalue weighted by atomic mass is 10.0. The summed E-state index contributed by atoms with van der Waals surface area (Å²) in [4.78, 5) is 22.4. The zero-order valence-corrected chi connectivity index (χ0v) is 24.4. The van der Waals surface area contributed by atoms with Crippen molar-refractivity contribution in [1.29, 1.82) is 0 Å². The molecule has 0 heterocycles. The van der Waals surface area contributed by atoms with Crippen molar-refractivity contribution in [2.75, 3.05) is 27.4 Å². The maximum absolute atomic E-state index is 11.2. The summed E-state index contributed by atoms with van der Waals surface area (Å²) in [5.74, 6) is 1.63. The Morgan fingerprint density at radius 3 is 1.10 bits per heavy atom. The highest BCUT2D eigenvalue weighted by molar-refractivity contribution is 6.11. The molecule has 40 heavy (non-hydrogen) atoms. The summed E-state index contributed by atoms with van der Waals surface area (Å²) in [7, 11) is 2.89. The smallest absolute Gasteiger partial charge is 0.305 e. The van der Waals surface area contributed by atoms with Gasteiger partial charge in [-0.25, -0.2) is 0 Å². The number of hydrogen-bond acceptors (Lipinski definition) is 6. The SMILES string of the molecule is COC(=O)CCCCCCCCOc1c2ccccc2c(OCCCCCCCCC(=O)OC)c2ccccc12. The fraction of sp³-hybridized carbons (Fsp3) is 0.529. The first-order valence-electron chi connectivity index (χ1n) is 15.0. The Morgan fingerprint density at radius 2 is 0.775 bits per heavy atom. The number of carbonyl (C=O) groups excluding carboxylic acids is 2. The number of methoxy groups -OCH3 is 2. The molecule has 0 bridgehead atoms. The van der Waals surface area contributed by atoms with E-state index >= 15 is 0 Å². The second-order valence-corrected chi connectivity index (χ2v) is 10.3. The number of unbranched alkanes of at least 4 members (excludes halogenated alkanes) is 10. The highest BCUT2D eigenvalue weighted by atomic mass is 16.5. The second-order valence-electron chi connectivity index (χ2n) is 10.3. The van der Waals surface area contributed by atoms with Crippen LogP contribution in [-0.4, -0.2) is 39.4 Å². The Bertz CT molecular complexity index is 1040. The highest BCUT2D eigenvalue weighted by Crippen LogP contribution is 2.42. The van der Waals surface area contributed by atoms with Crippen LogP contribution in [0.5, 0.6) is 11.5 Å². The summed E-state index contributed by atoms with van der Waals surface area (Å²) in [5, 5.41) is 4.35. The molecule has 218 valence electrons. The monoisotopic (exact) mass is 550 g/mol. The van der Waals surface area contributed by atoms with Crippen LogP contribution in [0.3, 0.4) is 0 Å². The molecule has 0 unspecified atom stereocenters. The molecule has 0 aliphatic carbocycles. The van der Waals surface area contributed by atoms with Gasteiger partial charge in [0.1, 0.15) is 11.5 Å². The maximum Gasteiger partial charge on any atom is 0.305 e. The van der Waals surface area contributed by atoms with Crippen LogP contribution in [0.2, 0.25) is 0 Å². The molecule has 6 nitrogen and oxygen atoms in total. The molecule has 0 aromatic heterocycles. The number of rotatable bonds is 20. The molecule has 0 N–H and O–H groups in total. The predicted octanol–water partition coefficient (Wildman–Crippen LogP) is 8.56. The van der Waals surface area contributed by atoms with Crippen LogP contribution in [0, 0.1) is 0 Å². The third kappa shape index (κ3) is 10.0. The summed E-state index contributed by atoms with van der Waals surface area (Å²) in [6.07, 6.45) is 13.7. The van der Waals surface area contributed by atoms with Gasteiger partial charge in [0.25, 0.3) is 0 Å². The minimum atomic E-state index is -0.121. The van der Waals surface area contributed by atoms with Gasteiger partial charge in [0.2, 0.25) is 0 Å². The second kappa shape index (κ2) is 18.1. The average molecular weight is 551 g/mol. The summed E-state index contributed by atoms with van der Waals surface area (Å²) in [5.41, 5.74) is 0. The van der Waals surface area contributed by atoms with Gasteiger partial charge in [0, 0.05) is 34.4 Å². The van der Waals surface area contributed by atoms with E-state index in [9.17, 15) is 9.59 Å². The van der Waals surface area contributed by atoms with Gasteiger partial charge in [-0.1, -0.05) is 99.9 Å². The molecular weight excluding hydrogens is 504 g/mol. The summed E-state index contributed by atoms with van der Waals surface area (Å²) >= 11 is 0. The Balaban J connectivity index is 1.51. The number of carbonyl (C=O) groups is 2. The van der Waals surface area contributed by atoms with E-state index < -0.39 is 0 Å². The van der Waals surface area contributed by atoms with Crippen molar-refractivity contribution in [3.63, 3.8) is 0 Å². The predicted molar refractivity (Wildman–Crippen MR) is 161 cm³/mol. The lowest BCUT2D eigenvalue weighted by Gasteiger charge is -2.18. The number of fused-ring (bicyclic) bond motifs is 2. The van der Waals surface area contributed by atoms with Crippen LogP contribution in [0.25, 0.3) is 21.5 Å². The fourth-order valence-electron chi connectivity index (χ4n) is 5.07. The highest BCUT2D eigenvalue weighted by Gasteiger charge is 2.15. The molecule has 0 atom stereocenters. The molecule has 0 amide bonds.